The standard InChI is InChI=1S/C17H18N2O/c1-2-8-18-12-17-15(7-10-20-17)13-5-6-16-14(11-13)4-3-9-19-16/h3-7,9-11,18H,2,8,12H2,1H3. The van der Waals surface area contributed by atoms with Gasteiger partial charge in [-0.05, 0) is 42.8 Å². The molecule has 20 heavy (non-hydrogen) atoms. The molecule has 0 saturated carbocycles. The average Bonchev–Trinajstić information content (AvgIpc) is 2.95. The molecule has 0 bridgehead atoms. The average molecular weight is 266 g/mol. The Kier molecular flexibility index (Phi) is 3.79. The van der Waals surface area contributed by atoms with E-state index in [4.69, 9.17) is 4.42 Å². The van der Waals surface area contributed by atoms with Crippen molar-refractivity contribution < 1.29 is 4.42 Å². The monoisotopic (exact) mass is 266 g/mol. The van der Waals surface area contributed by atoms with Crippen LogP contribution in [-0.4, -0.2) is 11.5 Å². The van der Waals surface area contributed by atoms with Crippen molar-refractivity contribution in [3.63, 3.8) is 0 Å². The van der Waals surface area contributed by atoms with Gasteiger partial charge in [0.1, 0.15) is 5.76 Å². The van der Waals surface area contributed by atoms with Crippen molar-refractivity contribution in [2.75, 3.05) is 6.54 Å². The maximum absolute atomic E-state index is 5.60. The lowest BCUT2D eigenvalue weighted by Gasteiger charge is -2.05. The van der Waals surface area contributed by atoms with Crippen LogP contribution >= 0.6 is 0 Å². The van der Waals surface area contributed by atoms with Gasteiger partial charge in [-0.2, -0.15) is 0 Å². The van der Waals surface area contributed by atoms with Crippen LogP contribution in [0.4, 0.5) is 0 Å². The molecule has 0 fully saturated rings. The predicted molar refractivity (Wildman–Crippen MR) is 81.4 cm³/mol. The summed E-state index contributed by atoms with van der Waals surface area (Å²) in [6.45, 7) is 3.93. The summed E-state index contributed by atoms with van der Waals surface area (Å²) in [5.74, 6) is 0.988. The van der Waals surface area contributed by atoms with Crippen LogP contribution < -0.4 is 5.32 Å². The zero-order valence-electron chi connectivity index (χ0n) is 11.6. The Balaban J connectivity index is 1.92. The van der Waals surface area contributed by atoms with Gasteiger partial charge in [0, 0.05) is 17.1 Å². The molecule has 0 atom stereocenters. The highest BCUT2D eigenvalue weighted by molar-refractivity contribution is 5.84. The first kappa shape index (κ1) is 12.9. The van der Waals surface area contributed by atoms with E-state index in [1.807, 2.05) is 18.3 Å². The number of nitrogens with zero attached hydrogens (tertiary/aromatic N) is 1. The molecule has 0 amide bonds. The molecule has 0 aliphatic heterocycles. The zero-order valence-corrected chi connectivity index (χ0v) is 11.6. The Bertz CT molecular complexity index is 703. The molecule has 0 aliphatic rings. The number of nitrogens with one attached hydrogen (secondary N) is 1. The van der Waals surface area contributed by atoms with Crippen LogP contribution in [0, 0.1) is 0 Å². The van der Waals surface area contributed by atoms with Crippen molar-refractivity contribution >= 4 is 10.9 Å². The normalized spacial score (nSPS) is 11.1. The molecule has 0 unspecified atom stereocenters. The van der Waals surface area contributed by atoms with Crippen LogP contribution in [0.3, 0.4) is 0 Å². The van der Waals surface area contributed by atoms with Gasteiger partial charge in [0.2, 0.25) is 0 Å². The fourth-order valence-electron chi connectivity index (χ4n) is 2.36. The summed E-state index contributed by atoms with van der Waals surface area (Å²) in [5, 5.41) is 4.53. The van der Waals surface area contributed by atoms with Gasteiger partial charge in [0.15, 0.2) is 0 Å². The minimum absolute atomic E-state index is 0.765. The van der Waals surface area contributed by atoms with Crippen molar-refractivity contribution in [2.45, 2.75) is 19.9 Å². The number of hydrogen-bond acceptors (Lipinski definition) is 3. The number of furan rings is 1. The Hall–Kier alpha value is -2.13. The third-order valence-corrected chi connectivity index (χ3v) is 3.37. The first-order chi connectivity index (χ1) is 9.88. The molecule has 0 saturated heterocycles. The molecule has 0 aliphatic carbocycles. The first-order valence-electron chi connectivity index (χ1n) is 7.00. The highest BCUT2D eigenvalue weighted by atomic mass is 16.3. The third-order valence-electron chi connectivity index (χ3n) is 3.37. The van der Waals surface area contributed by atoms with Crippen LogP contribution in [0.1, 0.15) is 19.1 Å². The number of hydrogen-bond donors (Lipinski definition) is 1. The summed E-state index contributed by atoms with van der Waals surface area (Å²) in [7, 11) is 0. The van der Waals surface area contributed by atoms with E-state index in [2.05, 4.69) is 41.5 Å². The SMILES string of the molecule is CCCNCc1occc1-c1ccc2ncccc2c1. The smallest absolute Gasteiger partial charge is 0.125 e. The van der Waals surface area contributed by atoms with Gasteiger partial charge in [-0.15, -0.1) is 0 Å². The lowest BCUT2D eigenvalue weighted by atomic mass is 10.0. The van der Waals surface area contributed by atoms with Gasteiger partial charge in [-0.1, -0.05) is 19.1 Å². The summed E-state index contributed by atoms with van der Waals surface area (Å²) in [6.07, 6.45) is 4.70. The Morgan fingerprint density at radius 2 is 2.15 bits per heavy atom. The second kappa shape index (κ2) is 5.88. The third kappa shape index (κ3) is 2.58. The molecule has 0 radical (unpaired) electrons. The van der Waals surface area contributed by atoms with E-state index in [1.54, 1.807) is 6.26 Å². The molecule has 3 rings (SSSR count). The Labute approximate surface area is 118 Å². The largest absolute Gasteiger partial charge is 0.467 e. The quantitative estimate of drug-likeness (QED) is 0.709. The maximum Gasteiger partial charge on any atom is 0.125 e. The zero-order chi connectivity index (χ0) is 13.8. The molecule has 3 nitrogen and oxygen atoms in total. The van der Waals surface area contributed by atoms with Crippen molar-refractivity contribution in [1.82, 2.24) is 10.3 Å². The minimum atomic E-state index is 0.765. The van der Waals surface area contributed by atoms with Crippen LogP contribution in [0.15, 0.2) is 53.3 Å². The summed E-state index contributed by atoms with van der Waals surface area (Å²) < 4.78 is 5.60. The van der Waals surface area contributed by atoms with Gasteiger partial charge >= 0.3 is 0 Å². The van der Waals surface area contributed by atoms with Gasteiger partial charge < -0.3 is 9.73 Å². The van der Waals surface area contributed by atoms with Gasteiger partial charge in [-0.3, -0.25) is 4.98 Å². The number of aromatic nitrogens is 1. The topological polar surface area (TPSA) is 38.1 Å². The number of benzene rings is 1. The van der Waals surface area contributed by atoms with Gasteiger partial charge in [0.05, 0.1) is 18.3 Å². The van der Waals surface area contributed by atoms with E-state index in [9.17, 15) is 0 Å². The van der Waals surface area contributed by atoms with Crippen LogP contribution in [-0.2, 0) is 6.54 Å². The molecule has 3 heteroatoms. The van der Waals surface area contributed by atoms with Gasteiger partial charge in [0.25, 0.3) is 0 Å². The van der Waals surface area contributed by atoms with E-state index < -0.39 is 0 Å². The lowest BCUT2D eigenvalue weighted by molar-refractivity contribution is 0.484. The number of fused-ring (bicyclic) bond motifs is 1. The first-order valence-corrected chi connectivity index (χ1v) is 7.00. The maximum atomic E-state index is 5.60. The van der Waals surface area contributed by atoms with Crippen LogP contribution in [0.5, 0.6) is 0 Å². The summed E-state index contributed by atoms with van der Waals surface area (Å²) in [4.78, 5) is 4.35. The molecule has 0 spiro atoms. The van der Waals surface area contributed by atoms with Crippen LogP contribution in [0.25, 0.3) is 22.0 Å². The van der Waals surface area contributed by atoms with Crippen LogP contribution in [0.2, 0.25) is 0 Å². The highest BCUT2D eigenvalue weighted by Crippen LogP contribution is 2.27. The molecule has 2 aromatic heterocycles. The minimum Gasteiger partial charge on any atom is -0.467 e. The molecule has 2 heterocycles. The highest BCUT2D eigenvalue weighted by Gasteiger charge is 2.09. The van der Waals surface area contributed by atoms with E-state index in [-0.39, 0.29) is 0 Å². The van der Waals surface area contributed by atoms with E-state index in [0.717, 1.165) is 41.7 Å². The van der Waals surface area contributed by atoms with E-state index in [1.165, 1.54) is 5.56 Å². The van der Waals surface area contributed by atoms with Crippen molar-refractivity contribution in [3.05, 3.63) is 54.6 Å². The molecule has 1 N–H and O–H groups in total. The second-order valence-corrected chi connectivity index (χ2v) is 4.85. The molecule has 1 aromatic carbocycles. The molecule has 102 valence electrons. The lowest BCUT2D eigenvalue weighted by Crippen LogP contribution is -2.13. The number of rotatable bonds is 5. The van der Waals surface area contributed by atoms with E-state index in [0.29, 0.717) is 0 Å². The Morgan fingerprint density at radius 1 is 1.20 bits per heavy atom. The second-order valence-electron chi connectivity index (χ2n) is 4.85. The fraction of sp³-hybridized carbons (Fsp3) is 0.235. The predicted octanol–water partition coefficient (Wildman–Crippen LogP) is 3.99. The van der Waals surface area contributed by atoms with Crippen molar-refractivity contribution in [1.29, 1.82) is 0 Å². The van der Waals surface area contributed by atoms with E-state index >= 15 is 0 Å². The summed E-state index contributed by atoms with van der Waals surface area (Å²) in [6, 6.07) is 12.4. The molecular formula is C17H18N2O. The van der Waals surface area contributed by atoms with Crippen molar-refractivity contribution in [2.24, 2.45) is 0 Å². The molecule has 3 aromatic rings. The molecular weight excluding hydrogens is 248 g/mol. The summed E-state index contributed by atoms with van der Waals surface area (Å²) in [5.41, 5.74) is 3.34. The van der Waals surface area contributed by atoms with Gasteiger partial charge in [-0.25, -0.2) is 0 Å². The number of pyridine rings is 1. The summed E-state index contributed by atoms with van der Waals surface area (Å²) >= 11 is 0. The van der Waals surface area contributed by atoms with Crippen molar-refractivity contribution in [3.8, 4) is 11.1 Å². The fourth-order valence-corrected chi connectivity index (χ4v) is 2.36. The Morgan fingerprint density at radius 3 is 3.05 bits per heavy atom.